The van der Waals surface area contributed by atoms with Crippen LogP contribution in [-0.2, 0) is 20.9 Å². The summed E-state index contributed by atoms with van der Waals surface area (Å²) >= 11 is 0. The van der Waals surface area contributed by atoms with E-state index in [-0.39, 0.29) is 24.4 Å². The van der Waals surface area contributed by atoms with Gasteiger partial charge >= 0.3 is 18.3 Å². The number of ether oxygens (including phenoxy) is 1. The quantitative estimate of drug-likeness (QED) is 0.450. The SMILES string of the molecule is FC(F)(F)C(OCc1cccc(-c2ccnn2-c2ccccc2)c1)C(F)(F)F.O=C1C[C@H](C(=O)O)CN1. The Morgan fingerprint density at radius 2 is 1.73 bits per heavy atom. The first-order chi connectivity index (χ1) is 17.4. The lowest BCUT2D eigenvalue weighted by Crippen LogP contribution is -2.44. The van der Waals surface area contributed by atoms with Crippen molar-refractivity contribution < 1.29 is 45.8 Å². The van der Waals surface area contributed by atoms with Gasteiger partial charge in [0.2, 0.25) is 12.0 Å². The highest BCUT2D eigenvalue weighted by atomic mass is 19.4. The van der Waals surface area contributed by atoms with Gasteiger partial charge in [-0.1, -0.05) is 36.4 Å². The first-order valence-corrected chi connectivity index (χ1v) is 10.8. The summed E-state index contributed by atoms with van der Waals surface area (Å²) in [5, 5.41) is 15.0. The summed E-state index contributed by atoms with van der Waals surface area (Å²) in [5.74, 6) is -1.56. The Morgan fingerprint density at radius 3 is 2.27 bits per heavy atom. The molecular weight excluding hydrogens is 508 g/mol. The maximum absolute atomic E-state index is 12.6. The number of carbonyl (C=O) groups excluding carboxylic acids is 1. The summed E-state index contributed by atoms with van der Waals surface area (Å²) in [4.78, 5) is 20.5. The number of nitrogens with one attached hydrogen (secondary N) is 1. The Bertz CT molecular complexity index is 1200. The van der Waals surface area contributed by atoms with Gasteiger partial charge in [-0.2, -0.15) is 31.4 Å². The minimum absolute atomic E-state index is 0.134. The molecule has 0 spiro atoms. The topological polar surface area (TPSA) is 93.5 Å². The molecule has 1 fully saturated rings. The number of carbonyl (C=O) groups is 2. The number of amides is 1. The molecule has 1 aliphatic rings. The standard InChI is InChI=1S/C19H14F6N2O.C5H7NO3/c20-18(21,22)17(19(23,24)25)28-12-13-5-4-6-14(11-13)16-9-10-26-27(16)15-7-2-1-3-8-15;7-4-1-3(2-6-4)5(8)9/h1-11,17H,12H2;3H,1-2H2,(H,6,7)(H,8,9)/t;3-/m.0/s1. The van der Waals surface area contributed by atoms with Crippen LogP contribution in [0.2, 0.25) is 0 Å². The van der Waals surface area contributed by atoms with Gasteiger partial charge in [-0.05, 0) is 29.8 Å². The van der Waals surface area contributed by atoms with Crippen molar-refractivity contribution in [2.75, 3.05) is 6.54 Å². The van der Waals surface area contributed by atoms with Crippen LogP contribution < -0.4 is 5.32 Å². The van der Waals surface area contributed by atoms with Crippen LogP contribution in [-0.4, -0.2) is 51.8 Å². The Hall–Kier alpha value is -3.87. The summed E-state index contributed by atoms with van der Waals surface area (Å²) in [7, 11) is 0. The van der Waals surface area contributed by atoms with Gasteiger partial charge in [-0.25, -0.2) is 4.68 Å². The number of nitrogens with zero attached hydrogens (tertiary/aromatic N) is 2. The zero-order valence-corrected chi connectivity index (χ0v) is 19.0. The molecule has 4 rings (SSSR count). The number of para-hydroxylation sites is 1. The van der Waals surface area contributed by atoms with Gasteiger partial charge in [0, 0.05) is 18.5 Å². The molecular formula is C24H21F6N3O4. The monoisotopic (exact) mass is 529 g/mol. The fraction of sp³-hybridized carbons (Fsp3) is 0.292. The van der Waals surface area contributed by atoms with Crippen LogP contribution >= 0.6 is 0 Å². The molecule has 0 unspecified atom stereocenters. The van der Waals surface area contributed by atoms with Crippen molar-refractivity contribution in [2.45, 2.75) is 31.5 Å². The lowest BCUT2D eigenvalue weighted by atomic mass is 10.1. The van der Waals surface area contributed by atoms with Gasteiger partial charge in [0.05, 0.1) is 30.1 Å². The van der Waals surface area contributed by atoms with Crippen molar-refractivity contribution >= 4 is 11.9 Å². The molecule has 37 heavy (non-hydrogen) atoms. The first-order valence-electron chi connectivity index (χ1n) is 10.8. The summed E-state index contributed by atoms with van der Waals surface area (Å²) in [6.07, 6.45) is -13.2. The highest BCUT2D eigenvalue weighted by Crippen LogP contribution is 2.36. The number of rotatable bonds is 6. The zero-order chi connectivity index (χ0) is 27.2. The highest BCUT2D eigenvalue weighted by molar-refractivity contribution is 5.85. The summed E-state index contributed by atoms with van der Waals surface area (Å²) < 4.78 is 81.4. The summed E-state index contributed by atoms with van der Waals surface area (Å²) in [6.45, 7) is -0.550. The summed E-state index contributed by atoms with van der Waals surface area (Å²) in [6, 6.07) is 16.9. The number of hydrogen-bond donors (Lipinski definition) is 2. The Kier molecular flexibility index (Phi) is 8.58. The van der Waals surface area contributed by atoms with E-state index in [1.807, 2.05) is 30.3 Å². The van der Waals surface area contributed by atoms with E-state index >= 15 is 0 Å². The average Bonchev–Trinajstić information content (AvgIpc) is 3.48. The first kappa shape index (κ1) is 27.7. The van der Waals surface area contributed by atoms with Crippen LogP contribution in [0.25, 0.3) is 16.9 Å². The molecule has 1 aromatic heterocycles. The maximum Gasteiger partial charge on any atom is 0.423 e. The van der Waals surface area contributed by atoms with E-state index in [2.05, 4.69) is 15.2 Å². The number of hydrogen-bond acceptors (Lipinski definition) is 4. The smallest absolute Gasteiger partial charge is 0.423 e. The molecule has 0 aliphatic carbocycles. The number of carboxylic acid groups (broad SMARTS) is 1. The summed E-state index contributed by atoms with van der Waals surface area (Å²) in [5.41, 5.74) is 2.16. The number of aromatic nitrogens is 2. The molecule has 1 amide bonds. The number of aliphatic carboxylic acids is 1. The van der Waals surface area contributed by atoms with Crippen LogP contribution in [0.1, 0.15) is 12.0 Å². The molecule has 0 bridgehead atoms. The van der Waals surface area contributed by atoms with Gasteiger partial charge in [0.1, 0.15) is 0 Å². The van der Waals surface area contributed by atoms with Crippen LogP contribution in [0.3, 0.4) is 0 Å². The lowest BCUT2D eigenvalue weighted by Gasteiger charge is -2.23. The van der Waals surface area contributed by atoms with Crippen molar-refractivity contribution in [3.05, 3.63) is 72.4 Å². The predicted molar refractivity (Wildman–Crippen MR) is 118 cm³/mol. The van der Waals surface area contributed by atoms with E-state index in [9.17, 15) is 35.9 Å². The molecule has 0 saturated carbocycles. The van der Waals surface area contributed by atoms with Gasteiger partial charge in [-0.3, -0.25) is 9.59 Å². The molecule has 3 aromatic rings. The largest absolute Gasteiger partial charge is 0.481 e. The molecule has 198 valence electrons. The fourth-order valence-electron chi connectivity index (χ4n) is 3.45. The Morgan fingerprint density at radius 1 is 1.05 bits per heavy atom. The van der Waals surface area contributed by atoms with E-state index in [1.165, 1.54) is 18.2 Å². The lowest BCUT2D eigenvalue weighted by molar-refractivity contribution is -0.324. The number of benzene rings is 2. The highest BCUT2D eigenvalue weighted by Gasteiger charge is 2.57. The van der Waals surface area contributed by atoms with Crippen LogP contribution in [0.15, 0.2) is 66.9 Å². The molecule has 0 radical (unpaired) electrons. The van der Waals surface area contributed by atoms with Crippen molar-refractivity contribution in [3.8, 4) is 16.9 Å². The van der Waals surface area contributed by atoms with E-state index < -0.39 is 37.0 Å². The van der Waals surface area contributed by atoms with E-state index in [4.69, 9.17) is 5.11 Å². The Labute approximate surface area is 206 Å². The van der Waals surface area contributed by atoms with Crippen LogP contribution in [0, 0.1) is 5.92 Å². The van der Waals surface area contributed by atoms with Gasteiger partial charge in [0.15, 0.2) is 0 Å². The number of alkyl halides is 6. The molecule has 13 heteroatoms. The normalized spacial score (nSPS) is 15.8. The van der Waals surface area contributed by atoms with Crippen molar-refractivity contribution in [3.63, 3.8) is 0 Å². The molecule has 2 aromatic carbocycles. The second-order valence-corrected chi connectivity index (χ2v) is 7.98. The number of carboxylic acids is 1. The minimum atomic E-state index is -5.54. The molecule has 1 aliphatic heterocycles. The molecule has 2 heterocycles. The van der Waals surface area contributed by atoms with Crippen LogP contribution in [0.5, 0.6) is 0 Å². The van der Waals surface area contributed by atoms with Crippen molar-refractivity contribution in [1.82, 2.24) is 15.1 Å². The maximum atomic E-state index is 12.6. The fourth-order valence-corrected chi connectivity index (χ4v) is 3.45. The van der Waals surface area contributed by atoms with E-state index in [0.717, 1.165) is 5.69 Å². The Balaban J connectivity index is 0.000000356. The van der Waals surface area contributed by atoms with Gasteiger partial charge < -0.3 is 15.2 Å². The third-order valence-electron chi connectivity index (χ3n) is 5.20. The van der Waals surface area contributed by atoms with E-state index in [0.29, 0.717) is 11.3 Å². The van der Waals surface area contributed by atoms with Crippen LogP contribution in [0.4, 0.5) is 26.3 Å². The minimum Gasteiger partial charge on any atom is -0.481 e. The van der Waals surface area contributed by atoms with E-state index in [1.54, 1.807) is 23.0 Å². The third kappa shape index (κ3) is 7.56. The third-order valence-corrected chi connectivity index (χ3v) is 5.20. The zero-order valence-electron chi connectivity index (χ0n) is 19.0. The molecule has 1 saturated heterocycles. The number of halogens is 6. The molecule has 7 nitrogen and oxygen atoms in total. The molecule has 1 atom stereocenters. The average molecular weight is 529 g/mol. The predicted octanol–water partition coefficient (Wildman–Crippen LogP) is 4.76. The second kappa shape index (κ2) is 11.5. The van der Waals surface area contributed by atoms with Gasteiger partial charge in [-0.15, -0.1) is 0 Å². The molecule has 2 N–H and O–H groups in total. The van der Waals surface area contributed by atoms with Gasteiger partial charge in [0.25, 0.3) is 0 Å². The van der Waals surface area contributed by atoms with Crippen molar-refractivity contribution in [2.24, 2.45) is 5.92 Å². The van der Waals surface area contributed by atoms with Crippen molar-refractivity contribution in [1.29, 1.82) is 0 Å². The second-order valence-electron chi connectivity index (χ2n) is 7.98.